The highest BCUT2D eigenvalue weighted by atomic mass is 79.9. The van der Waals surface area contributed by atoms with Crippen LogP contribution in [0.2, 0.25) is 0 Å². The summed E-state index contributed by atoms with van der Waals surface area (Å²) < 4.78 is 6.60. The number of ether oxygens (including phenoxy) is 1. The van der Waals surface area contributed by atoms with E-state index in [9.17, 15) is 9.90 Å². The molecule has 0 saturated carbocycles. The molecule has 0 aliphatic rings. The van der Waals surface area contributed by atoms with Crippen molar-refractivity contribution in [1.29, 1.82) is 0 Å². The van der Waals surface area contributed by atoms with Crippen LogP contribution in [-0.2, 0) is 0 Å². The largest absolute Gasteiger partial charge is 0.493 e. The first-order valence-corrected chi connectivity index (χ1v) is 7.89. The van der Waals surface area contributed by atoms with E-state index in [4.69, 9.17) is 10.5 Å². The highest BCUT2D eigenvalue weighted by Crippen LogP contribution is 2.35. The molecule has 2 aromatic rings. The second-order valence-corrected chi connectivity index (χ2v) is 6.46. The molecule has 0 unspecified atom stereocenters. The van der Waals surface area contributed by atoms with Crippen LogP contribution in [0.3, 0.4) is 0 Å². The van der Waals surface area contributed by atoms with Gasteiger partial charge in [-0.2, -0.15) is 0 Å². The van der Waals surface area contributed by atoms with E-state index in [1.807, 2.05) is 19.9 Å². The van der Waals surface area contributed by atoms with Gasteiger partial charge in [-0.3, -0.25) is 0 Å². The summed E-state index contributed by atoms with van der Waals surface area (Å²) in [5, 5.41) is 9.50. The summed E-state index contributed by atoms with van der Waals surface area (Å²) in [7, 11) is 0. The molecule has 0 amide bonds. The average molecular weight is 380 g/mol. The summed E-state index contributed by atoms with van der Waals surface area (Å²) >= 11 is 3.39. The van der Waals surface area contributed by atoms with Crippen LogP contribution in [-0.4, -0.2) is 27.7 Å². The van der Waals surface area contributed by atoms with Crippen LogP contribution >= 0.6 is 15.9 Å². The quantitative estimate of drug-likeness (QED) is 0.824. The number of hydrogen-bond acceptors (Lipinski definition) is 5. The number of benzene rings is 1. The monoisotopic (exact) mass is 379 g/mol. The normalized spacial score (nSPS) is 10.8. The molecule has 0 bridgehead atoms. The summed E-state index contributed by atoms with van der Waals surface area (Å²) in [6.45, 7) is 6.18. The molecule has 23 heavy (non-hydrogen) atoms. The fraction of sp³-hybridized carbons (Fsp3) is 0.312. The number of nitrogens with zero attached hydrogens (tertiary/aromatic N) is 2. The third-order valence-electron chi connectivity index (χ3n) is 3.09. The van der Waals surface area contributed by atoms with Crippen molar-refractivity contribution >= 4 is 27.8 Å². The van der Waals surface area contributed by atoms with Gasteiger partial charge in [0.2, 0.25) is 5.95 Å². The van der Waals surface area contributed by atoms with Crippen LogP contribution in [0.25, 0.3) is 11.3 Å². The topological polar surface area (TPSA) is 98.3 Å². The molecule has 2 rings (SSSR count). The maximum atomic E-state index is 11.6. The van der Waals surface area contributed by atoms with E-state index >= 15 is 0 Å². The number of aryl methyl sites for hydroxylation is 1. The van der Waals surface area contributed by atoms with Gasteiger partial charge in [0.1, 0.15) is 11.3 Å². The van der Waals surface area contributed by atoms with E-state index in [0.29, 0.717) is 29.5 Å². The lowest BCUT2D eigenvalue weighted by atomic mass is 10.0. The molecule has 0 aliphatic heterocycles. The van der Waals surface area contributed by atoms with Gasteiger partial charge in [-0.05, 0) is 31.0 Å². The van der Waals surface area contributed by atoms with Gasteiger partial charge in [-0.25, -0.2) is 14.8 Å². The lowest BCUT2D eigenvalue weighted by Gasteiger charge is -2.15. The molecular weight excluding hydrogens is 362 g/mol. The van der Waals surface area contributed by atoms with Crippen LogP contribution < -0.4 is 10.5 Å². The van der Waals surface area contributed by atoms with Crippen molar-refractivity contribution in [2.45, 2.75) is 20.8 Å². The summed E-state index contributed by atoms with van der Waals surface area (Å²) in [5.74, 6) is -0.186. The number of carboxylic acids is 1. The zero-order valence-electron chi connectivity index (χ0n) is 13.1. The molecular formula is C16H18BrN3O3. The smallest absolute Gasteiger partial charge is 0.339 e. The minimum Gasteiger partial charge on any atom is -0.493 e. The summed E-state index contributed by atoms with van der Waals surface area (Å²) in [4.78, 5) is 19.7. The van der Waals surface area contributed by atoms with Crippen molar-refractivity contribution in [2.75, 3.05) is 12.3 Å². The van der Waals surface area contributed by atoms with Gasteiger partial charge in [0.15, 0.2) is 0 Å². The Labute approximate surface area is 142 Å². The average Bonchev–Trinajstić information content (AvgIpc) is 2.44. The maximum Gasteiger partial charge on any atom is 0.339 e. The number of anilines is 1. The summed E-state index contributed by atoms with van der Waals surface area (Å²) in [6, 6.07) is 5.38. The van der Waals surface area contributed by atoms with Crippen molar-refractivity contribution in [3.63, 3.8) is 0 Å². The van der Waals surface area contributed by atoms with Crippen LogP contribution in [0.15, 0.2) is 22.7 Å². The minimum absolute atomic E-state index is 0.0201. The zero-order valence-corrected chi connectivity index (χ0v) is 14.7. The molecule has 3 N–H and O–H groups in total. The number of carbonyl (C=O) groups is 1. The number of hydrogen-bond donors (Lipinski definition) is 2. The van der Waals surface area contributed by atoms with E-state index in [1.165, 1.54) is 0 Å². The molecule has 0 fully saturated rings. The van der Waals surface area contributed by atoms with Gasteiger partial charge in [0, 0.05) is 10.0 Å². The van der Waals surface area contributed by atoms with Crippen molar-refractivity contribution in [2.24, 2.45) is 5.92 Å². The van der Waals surface area contributed by atoms with Crippen LogP contribution in [0.1, 0.15) is 29.9 Å². The Bertz CT molecular complexity index is 748. The van der Waals surface area contributed by atoms with Crippen molar-refractivity contribution < 1.29 is 14.6 Å². The first-order chi connectivity index (χ1) is 10.8. The predicted octanol–water partition coefficient (Wildman–Crippen LogP) is 3.53. The number of halogens is 1. The SMILES string of the molecule is Cc1nc(N)nc(-c2cc(Br)ccc2OCC(C)C)c1C(=O)O. The highest BCUT2D eigenvalue weighted by molar-refractivity contribution is 9.10. The fourth-order valence-corrected chi connectivity index (χ4v) is 2.48. The van der Waals surface area contributed by atoms with Crippen molar-refractivity contribution in [1.82, 2.24) is 9.97 Å². The third-order valence-corrected chi connectivity index (χ3v) is 3.58. The number of aromatic nitrogens is 2. The molecule has 1 aromatic heterocycles. The van der Waals surface area contributed by atoms with Crippen LogP contribution in [0.4, 0.5) is 5.95 Å². The Balaban J connectivity index is 2.65. The number of rotatable bonds is 5. The molecule has 122 valence electrons. The van der Waals surface area contributed by atoms with Gasteiger partial charge in [0.25, 0.3) is 0 Å². The minimum atomic E-state index is -1.10. The number of carboxylic acid groups (broad SMARTS) is 1. The van der Waals surface area contributed by atoms with Crippen LogP contribution in [0, 0.1) is 12.8 Å². The Morgan fingerprint density at radius 3 is 2.70 bits per heavy atom. The van der Waals surface area contributed by atoms with Gasteiger partial charge < -0.3 is 15.6 Å². The Hall–Kier alpha value is -2.15. The molecule has 7 heteroatoms. The lowest BCUT2D eigenvalue weighted by molar-refractivity contribution is 0.0696. The first-order valence-electron chi connectivity index (χ1n) is 7.09. The molecule has 6 nitrogen and oxygen atoms in total. The van der Waals surface area contributed by atoms with E-state index in [-0.39, 0.29) is 17.2 Å². The molecule has 0 saturated heterocycles. The van der Waals surface area contributed by atoms with Gasteiger partial charge in [-0.1, -0.05) is 29.8 Å². The second-order valence-electron chi connectivity index (χ2n) is 5.54. The summed E-state index contributed by atoms with van der Waals surface area (Å²) in [6.07, 6.45) is 0. The predicted molar refractivity (Wildman–Crippen MR) is 91.6 cm³/mol. The molecule has 0 aliphatic carbocycles. The summed E-state index contributed by atoms with van der Waals surface area (Å²) in [5.41, 5.74) is 6.86. The third kappa shape index (κ3) is 3.98. The first kappa shape index (κ1) is 17.2. The van der Waals surface area contributed by atoms with Crippen molar-refractivity contribution in [3.05, 3.63) is 33.9 Å². The molecule has 1 heterocycles. The Morgan fingerprint density at radius 2 is 2.09 bits per heavy atom. The molecule has 0 atom stereocenters. The van der Waals surface area contributed by atoms with Gasteiger partial charge >= 0.3 is 5.97 Å². The van der Waals surface area contributed by atoms with E-state index in [2.05, 4.69) is 25.9 Å². The number of nitrogens with two attached hydrogens (primary N) is 1. The Kier molecular flexibility index (Phi) is 5.20. The lowest BCUT2D eigenvalue weighted by Crippen LogP contribution is -2.11. The number of aromatic carboxylic acids is 1. The molecule has 0 radical (unpaired) electrons. The van der Waals surface area contributed by atoms with Crippen LogP contribution in [0.5, 0.6) is 5.75 Å². The number of nitrogen functional groups attached to an aromatic ring is 1. The van der Waals surface area contributed by atoms with E-state index in [1.54, 1.807) is 19.1 Å². The highest BCUT2D eigenvalue weighted by Gasteiger charge is 2.21. The Morgan fingerprint density at radius 1 is 1.39 bits per heavy atom. The maximum absolute atomic E-state index is 11.6. The fourth-order valence-electron chi connectivity index (χ4n) is 2.12. The molecule has 1 aromatic carbocycles. The van der Waals surface area contributed by atoms with Gasteiger partial charge in [0.05, 0.1) is 18.0 Å². The van der Waals surface area contributed by atoms with E-state index in [0.717, 1.165) is 4.47 Å². The molecule has 0 spiro atoms. The van der Waals surface area contributed by atoms with Crippen molar-refractivity contribution in [3.8, 4) is 17.0 Å². The van der Waals surface area contributed by atoms with E-state index < -0.39 is 5.97 Å². The van der Waals surface area contributed by atoms with Gasteiger partial charge in [-0.15, -0.1) is 0 Å². The standard InChI is InChI=1S/C16H18BrN3O3/c1-8(2)7-23-12-5-4-10(17)6-11(12)14-13(15(21)22)9(3)19-16(18)20-14/h4-6,8H,7H2,1-3H3,(H,21,22)(H2,18,19,20). The second kappa shape index (κ2) is 6.95. The zero-order chi connectivity index (χ0) is 17.1.